The number of fused-ring (bicyclic) bond motifs is 1. The van der Waals surface area contributed by atoms with Crippen LogP contribution in [0.3, 0.4) is 0 Å². The Balaban J connectivity index is 2.47. The first-order valence-corrected chi connectivity index (χ1v) is 6.01. The number of nitrogens with zero attached hydrogens (tertiary/aromatic N) is 1. The van der Waals surface area contributed by atoms with Crippen LogP contribution in [-0.2, 0) is 4.79 Å². The van der Waals surface area contributed by atoms with Gasteiger partial charge in [-0.2, -0.15) is 0 Å². The van der Waals surface area contributed by atoms with Crippen molar-refractivity contribution in [3.8, 4) is 11.5 Å². The number of benzene rings is 1. The largest absolute Gasteiger partial charge is 0.493 e. The molecule has 18 heavy (non-hydrogen) atoms. The first-order valence-electron chi connectivity index (χ1n) is 6.01. The monoisotopic (exact) mass is 250 g/mol. The second-order valence-electron chi connectivity index (χ2n) is 4.12. The Kier molecular flexibility index (Phi) is 3.60. The van der Waals surface area contributed by atoms with Crippen LogP contribution in [0.15, 0.2) is 12.1 Å². The van der Waals surface area contributed by atoms with E-state index < -0.39 is 0 Å². The first kappa shape index (κ1) is 12.5. The predicted octanol–water partition coefficient (Wildman–Crippen LogP) is 1.87. The molecule has 5 heteroatoms. The molecule has 1 aromatic carbocycles. The van der Waals surface area contributed by atoms with Crippen LogP contribution in [-0.4, -0.2) is 33.2 Å². The number of carbonyl (C=O) groups excluding carboxylic acids is 1. The summed E-state index contributed by atoms with van der Waals surface area (Å²) in [7, 11) is 3.19. The minimum absolute atomic E-state index is 0.0802. The standard InChI is InChI=1S/C13H18N2O3/c1-4-5-15-10-7-12(18-3)11(17-2)6-9(10)14-8-13(15)16/h6-7,14H,4-5,8H2,1-3H3. The summed E-state index contributed by atoms with van der Waals surface area (Å²) in [6, 6.07) is 3.71. The lowest BCUT2D eigenvalue weighted by Gasteiger charge is -2.30. The smallest absolute Gasteiger partial charge is 0.246 e. The van der Waals surface area contributed by atoms with Crippen molar-refractivity contribution < 1.29 is 14.3 Å². The molecule has 2 rings (SSSR count). The number of amides is 1. The molecule has 0 bridgehead atoms. The highest BCUT2D eigenvalue weighted by molar-refractivity contribution is 6.03. The lowest BCUT2D eigenvalue weighted by atomic mass is 10.1. The Morgan fingerprint density at radius 1 is 1.28 bits per heavy atom. The van der Waals surface area contributed by atoms with E-state index in [1.165, 1.54) is 0 Å². The summed E-state index contributed by atoms with van der Waals surface area (Å²) in [4.78, 5) is 13.7. The summed E-state index contributed by atoms with van der Waals surface area (Å²) in [5, 5.41) is 3.10. The molecule has 1 aliphatic heterocycles. The zero-order chi connectivity index (χ0) is 13.1. The fraction of sp³-hybridized carbons (Fsp3) is 0.462. The number of hydrogen-bond donors (Lipinski definition) is 1. The molecule has 0 spiro atoms. The van der Waals surface area contributed by atoms with Crippen molar-refractivity contribution in [2.75, 3.05) is 37.5 Å². The van der Waals surface area contributed by atoms with E-state index in [0.29, 0.717) is 24.6 Å². The number of anilines is 2. The highest BCUT2D eigenvalue weighted by Gasteiger charge is 2.25. The molecule has 0 fully saturated rings. The van der Waals surface area contributed by atoms with Crippen LogP contribution in [0.1, 0.15) is 13.3 Å². The maximum atomic E-state index is 11.9. The van der Waals surface area contributed by atoms with E-state index in [1.807, 2.05) is 12.1 Å². The summed E-state index contributed by atoms with van der Waals surface area (Å²) in [6.45, 7) is 3.08. The number of carbonyl (C=O) groups is 1. The minimum Gasteiger partial charge on any atom is -0.493 e. The van der Waals surface area contributed by atoms with Crippen molar-refractivity contribution >= 4 is 17.3 Å². The number of rotatable bonds is 4. The third-order valence-electron chi connectivity index (χ3n) is 2.97. The van der Waals surface area contributed by atoms with Crippen LogP contribution >= 0.6 is 0 Å². The lowest BCUT2D eigenvalue weighted by molar-refractivity contribution is -0.117. The Labute approximate surface area is 107 Å². The molecule has 5 nitrogen and oxygen atoms in total. The summed E-state index contributed by atoms with van der Waals surface area (Å²) < 4.78 is 10.5. The molecular weight excluding hydrogens is 232 g/mol. The Morgan fingerprint density at radius 2 is 1.94 bits per heavy atom. The van der Waals surface area contributed by atoms with Crippen molar-refractivity contribution in [1.82, 2.24) is 0 Å². The maximum Gasteiger partial charge on any atom is 0.246 e. The van der Waals surface area contributed by atoms with Crippen LogP contribution in [0, 0.1) is 0 Å². The van der Waals surface area contributed by atoms with Gasteiger partial charge in [0.1, 0.15) is 0 Å². The average molecular weight is 250 g/mol. The molecule has 0 radical (unpaired) electrons. The summed E-state index contributed by atoms with van der Waals surface area (Å²) >= 11 is 0. The number of ether oxygens (including phenoxy) is 2. The molecule has 1 amide bonds. The van der Waals surface area contributed by atoms with Crippen molar-refractivity contribution in [2.24, 2.45) is 0 Å². The van der Waals surface area contributed by atoms with E-state index in [-0.39, 0.29) is 5.91 Å². The molecule has 1 aliphatic rings. The van der Waals surface area contributed by atoms with E-state index in [9.17, 15) is 4.79 Å². The lowest BCUT2D eigenvalue weighted by Crippen LogP contribution is -2.40. The third kappa shape index (κ3) is 2.08. The van der Waals surface area contributed by atoms with E-state index in [4.69, 9.17) is 9.47 Å². The van der Waals surface area contributed by atoms with Gasteiger partial charge < -0.3 is 19.7 Å². The van der Waals surface area contributed by atoms with Gasteiger partial charge in [0, 0.05) is 18.7 Å². The van der Waals surface area contributed by atoms with E-state index >= 15 is 0 Å². The molecule has 0 saturated carbocycles. The molecule has 0 aromatic heterocycles. The summed E-state index contributed by atoms with van der Waals surface area (Å²) in [6.07, 6.45) is 0.916. The third-order valence-corrected chi connectivity index (χ3v) is 2.97. The first-order chi connectivity index (χ1) is 8.71. The average Bonchev–Trinajstić information content (AvgIpc) is 2.40. The van der Waals surface area contributed by atoms with Gasteiger partial charge in [-0.15, -0.1) is 0 Å². The maximum absolute atomic E-state index is 11.9. The summed E-state index contributed by atoms with van der Waals surface area (Å²) in [5.41, 5.74) is 1.76. The molecule has 1 N–H and O–H groups in total. The molecule has 0 saturated heterocycles. The Hall–Kier alpha value is -1.91. The zero-order valence-electron chi connectivity index (χ0n) is 10.9. The molecule has 0 unspecified atom stereocenters. The molecule has 1 aromatic rings. The van der Waals surface area contributed by atoms with Gasteiger partial charge in [0.2, 0.25) is 5.91 Å². The molecule has 0 atom stereocenters. The van der Waals surface area contributed by atoms with Crippen LogP contribution in [0.25, 0.3) is 0 Å². The fourth-order valence-corrected chi connectivity index (χ4v) is 2.10. The van der Waals surface area contributed by atoms with Gasteiger partial charge in [-0.3, -0.25) is 4.79 Å². The van der Waals surface area contributed by atoms with Crippen LogP contribution < -0.4 is 19.7 Å². The highest BCUT2D eigenvalue weighted by atomic mass is 16.5. The van der Waals surface area contributed by atoms with Gasteiger partial charge in [0.25, 0.3) is 0 Å². The predicted molar refractivity (Wildman–Crippen MR) is 70.7 cm³/mol. The van der Waals surface area contributed by atoms with Gasteiger partial charge in [0.15, 0.2) is 11.5 Å². The second kappa shape index (κ2) is 5.16. The zero-order valence-corrected chi connectivity index (χ0v) is 10.9. The molecular formula is C13H18N2O3. The van der Waals surface area contributed by atoms with Gasteiger partial charge in [-0.25, -0.2) is 0 Å². The van der Waals surface area contributed by atoms with Gasteiger partial charge in [0.05, 0.1) is 32.1 Å². The van der Waals surface area contributed by atoms with Crippen LogP contribution in [0.2, 0.25) is 0 Å². The topological polar surface area (TPSA) is 50.8 Å². The van der Waals surface area contributed by atoms with E-state index in [0.717, 1.165) is 17.8 Å². The van der Waals surface area contributed by atoms with Crippen molar-refractivity contribution in [2.45, 2.75) is 13.3 Å². The van der Waals surface area contributed by atoms with Crippen LogP contribution in [0.5, 0.6) is 11.5 Å². The second-order valence-corrected chi connectivity index (χ2v) is 4.12. The van der Waals surface area contributed by atoms with Gasteiger partial charge in [-0.1, -0.05) is 6.92 Å². The Morgan fingerprint density at radius 3 is 2.56 bits per heavy atom. The van der Waals surface area contributed by atoms with Gasteiger partial charge in [-0.05, 0) is 6.42 Å². The molecule has 98 valence electrons. The molecule has 0 aliphatic carbocycles. The van der Waals surface area contributed by atoms with Crippen LogP contribution in [0.4, 0.5) is 11.4 Å². The van der Waals surface area contributed by atoms with Crippen molar-refractivity contribution in [3.63, 3.8) is 0 Å². The van der Waals surface area contributed by atoms with Crippen molar-refractivity contribution in [3.05, 3.63) is 12.1 Å². The highest BCUT2D eigenvalue weighted by Crippen LogP contribution is 2.39. The normalized spacial score (nSPS) is 13.9. The quantitative estimate of drug-likeness (QED) is 0.886. The van der Waals surface area contributed by atoms with E-state index in [1.54, 1.807) is 19.1 Å². The SMILES string of the molecule is CCCN1C(=O)CNc2cc(OC)c(OC)cc21. The number of nitrogens with one attached hydrogen (secondary N) is 1. The fourth-order valence-electron chi connectivity index (χ4n) is 2.10. The molecule has 1 heterocycles. The minimum atomic E-state index is 0.0802. The Bertz CT molecular complexity index is 460. The van der Waals surface area contributed by atoms with Gasteiger partial charge >= 0.3 is 0 Å². The summed E-state index contributed by atoms with van der Waals surface area (Å²) in [5.74, 6) is 1.37. The van der Waals surface area contributed by atoms with Crippen molar-refractivity contribution in [1.29, 1.82) is 0 Å². The number of methoxy groups -OCH3 is 2. The number of hydrogen-bond acceptors (Lipinski definition) is 4. The van der Waals surface area contributed by atoms with E-state index in [2.05, 4.69) is 12.2 Å².